The Balaban J connectivity index is 1.88. The summed E-state index contributed by atoms with van der Waals surface area (Å²) < 4.78 is 11.1. The fourth-order valence-electron chi connectivity index (χ4n) is 1.49. The first-order valence-corrected chi connectivity index (χ1v) is 7.54. The first kappa shape index (κ1) is 10.8. The molecule has 0 spiro atoms. The average Bonchev–Trinajstić information content (AvgIpc) is 2.75. The van der Waals surface area contributed by atoms with Crippen molar-refractivity contribution in [1.29, 1.82) is 0 Å². The summed E-state index contributed by atoms with van der Waals surface area (Å²) in [6.07, 6.45) is -0.0142. The van der Waals surface area contributed by atoms with Gasteiger partial charge < -0.3 is 4.74 Å². The van der Waals surface area contributed by atoms with Crippen molar-refractivity contribution in [2.75, 3.05) is 5.75 Å². The lowest BCUT2D eigenvalue weighted by Crippen LogP contribution is -2.16. The molecule has 2 aromatic rings. The van der Waals surface area contributed by atoms with Gasteiger partial charge in [0.15, 0.2) is 14.9 Å². The number of thioether (sulfide) groups is 1. The summed E-state index contributed by atoms with van der Waals surface area (Å²) in [7, 11) is 0. The molecule has 0 aliphatic carbocycles. The fourth-order valence-corrected chi connectivity index (χ4v) is 3.48. The van der Waals surface area contributed by atoms with Crippen LogP contribution in [0.15, 0.2) is 29.2 Å². The molecule has 1 aliphatic rings. The van der Waals surface area contributed by atoms with Crippen LogP contribution in [0.5, 0.6) is 5.75 Å². The van der Waals surface area contributed by atoms with Crippen LogP contribution >= 0.6 is 45.9 Å². The van der Waals surface area contributed by atoms with Gasteiger partial charge in [0, 0.05) is 10.6 Å². The molecule has 0 bridgehead atoms. The van der Waals surface area contributed by atoms with Crippen molar-refractivity contribution in [2.45, 2.75) is 11.0 Å². The van der Waals surface area contributed by atoms with E-state index in [4.69, 9.17) is 4.74 Å². The third-order valence-electron chi connectivity index (χ3n) is 2.21. The predicted octanol–water partition coefficient (Wildman–Crippen LogP) is 3.37. The van der Waals surface area contributed by atoms with E-state index in [2.05, 4.69) is 38.0 Å². The number of hydrogen-bond donors (Lipinski definition) is 0. The zero-order valence-electron chi connectivity index (χ0n) is 8.09. The van der Waals surface area contributed by atoms with E-state index < -0.39 is 0 Å². The van der Waals surface area contributed by atoms with E-state index in [1.807, 2.05) is 18.2 Å². The third kappa shape index (κ3) is 2.05. The lowest BCUT2D eigenvalue weighted by atomic mass is 10.3. The number of aromatic nitrogens is 2. The average molecular weight is 362 g/mol. The van der Waals surface area contributed by atoms with E-state index in [-0.39, 0.29) is 6.10 Å². The molecule has 1 aromatic carbocycles. The Morgan fingerprint density at radius 3 is 3.06 bits per heavy atom. The molecule has 2 heterocycles. The van der Waals surface area contributed by atoms with E-state index in [1.165, 1.54) is 16.4 Å². The van der Waals surface area contributed by atoms with Gasteiger partial charge >= 0.3 is 0 Å². The smallest absolute Gasteiger partial charge is 0.184 e. The van der Waals surface area contributed by atoms with E-state index in [9.17, 15) is 0 Å². The van der Waals surface area contributed by atoms with Gasteiger partial charge in [0.2, 0.25) is 0 Å². The Bertz CT molecular complexity index is 517. The molecule has 0 N–H and O–H groups in total. The number of hydrogen-bond acceptors (Lipinski definition) is 5. The molecule has 0 saturated heterocycles. The van der Waals surface area contributed by atoms with Crippen molar-refractivity contribution >= 4 is 45.9 Å². The zero-order chi connectivity index (χ0) is 11.0. The molecule has 3 rings (SSSR count). The van der Waals surface area contributed by atoms with Crippen LogP contribution in [0.3, 0.4) is 0 Å². The summed E-state index contributed by atoms with van der Waals surface area (Å²) >= 11 is 5.39. The SMILES string of the molecule is Ic1nc(C2CSc3ccccc3O2)ns1. The standard InChI is InChI=1S/C10H7IN2OS2/c11-10-12-9(13-16-10)7-5-15-8-4-2-1-3-6(8)14-7/h1-4,7H,5H2. The Morgan fingerprint density at radius 2 is 2.25 bits per heavy atom. The number of halogens is 1. The summed E-state index contributed by atoms with van der Waals surface area (Å²) in [5.74, 6) is 2.62. The molecule has 0 fully saturated rings. The van der Waals surface area contributed by atoms with Crippen molar-refractivity contribution < 1.29 is 4.74 Å². The highest BCUT2D eigenvalue weighted by Crippen LogP contribution is 2.39. The summed E-state index contributed by atoms with van der Waals surface area (Å²) in [6, 6.07) is 8.08. The van der Waals surface area contributed by atoms with Gasteiger partial charge in [-0.3, -0.25) is 0 Å². The van der Waals surface area contributed by atoms with E-state index in [0.717, 1.165) is 20.3 Å². The second-order valence-corrected chi connectivity index (χ2v) is 6.84. The molecule has 1 aromatic heterocycles. The highest BCUT2D eigenvalue weighted by atomic mass is 127. The van der Waals surface area contributed by atoms with Gasteiger partial charge in [-0.1, -0.05) is 12.1 Å². The van der Waals surface area contributed by atoms with Crippen molar-refractivity contribution in [3.8, 4) is 5.75 Å². The molecule has 0 radical (unpaired) electrons. The number of ether oxygens (including phenoxy) is 1. The van der Waals surface area contributed by atoms with Crippen LogP contribution in [0.2, 0.25) is 0 Å². The van der Waals surface area contributed by atoms with Crippen LogP contribution < -0.4 is 4.74 Å². The van der Waals surface area contributed by atoms with E-state index >= 15 is 0 Å². The van der Waals surface area contributed by atoms with Crippen molar-refractivity contribution in [3.63, 3.8) is 0 Å². The third-order valence-corrected chi connectivity index (χ3v) is 4.68. The van der Waals surface area contributed by atoms with Gasteiger partial charge in [-0.25, -0.2) is 4.98 Å². The van der Waals surface area contributed by atoms with Crippen molar-refractivity contribution in [2.24, 2.45) is 0 Å². The largest absolute Gasteiger partial charge is 0.480 e. The summed E-state index contributed by atoms with van der Waals surface area (Å²) in [4.78, 5) is 5.56. The molecular formula is C10H7IN2OS2. The first-order chi connectivity index (χ1) is 7.83. The van der Waals surface area contributed by atoms with E-state index in [0.29, 0.717) is 0 Å². The zero-order valence-corrected chi connectivity index (χ0v) is 11.9. The van der Waals surface area contributed by atoms with Crippen molar-refractivity contribution in [1.82, 2.24) is 9.36 Å². The predicted molar refractivity (Wildman–Crippen MR) is 73.2 cm³/mol. The Morgan fingerprint density at radius 1 is 1.38 bits per heavy atom. The summed E-state index contributed by atoms with van der Waals surface area (Å²) in [5, 5.41) is 0. The molecule has 0 amide bonds. The lowest BCUT2D eigenvalue weighted by molar-refractivity contribution is 0.212. The van der Waals surface area contributed by atoms with Gasteiger partial charge in [0.25, 0.3) is 0 Å². The molecule has 3 nitrogen and oxygen atoms in total. The van der Waals surface area contributed by atoms with Gasteiger partial charge in [-0.05, 0) is 46.3 Å². The lowest BCUT2D eigenvalue weighted by Gasteiger charge is -2.23. The van der Waals surface area contributed by atoms with Crippen LogP contribution in [0.4, 0.5) is 0 Å². The summed E-state index contributed by atoms with van der Waals surface area (Å²) in [6.45, 7) is 0. The number of para-hydroxylation sites is 1. The Kier molecular flexibility index (Phi) is 3.03. The maximum absolute atomic E-state index is 5.89. The minimum absolute atomic E-state index is 0.0142. The molecule has 1 aliphatic heterocycles. The fraction of sp³-hybridized carbons (Fsp3) is 0.200. The molecule has 0 saturated carbocycles. The minimum Gasteiger partial charge on any atom is -0.480 e. The molecule has 16 heavy (non-hydrogen) atoms. The molecular weight excluding hydrogens is 355 g/mol. The molecule has 1 unspecified atom stereocenters. The number of fused-ring (bicyclic) bond motifs is 1. The number of nitrogens with zero attached hydrogens (tertiary/aromatic N) is 2. The number of rotatable bonds is 1. The van der Waals surface area contributed by atoms with E-state index in [1.54, 1.807) is 11.8 Å². The van der Waals surface area contributed by atoms with Crippen LogP contribution in [0.25, 0.3) is 0 Å². The molecule has 6 heteroatoms. The Labute approximate surface area is 115 Å². The first-order valence-electron chi connectivity index (χ1n) is 4.70. The monoisotopic (exact) mass is 362 g/mol. The van der Waals surface area contributed by atoms with Gasteiger partial charge in [0.05, 0.1) is 0 Å². The normalized spacial score (nSPS) is 18.9. The molecule has 1 atom stereocenters. The topological polar surface area (TPSA) is 35.0 Å². The molecule has 82 valence electrons. The second kappa shape index (κ2) is 4.50. The van der Waals surface area contributed by atoms with Crippen LogP contribution in [-0.4, -0.2) is 15.1 Å². The van der Waals surface area contributed by atoms with Crippen LogP contribution in [0, 0.1) is 3.01 Å². The van der Waals surface area contributed by atoms with Crippen LogP contribution in [0.1, 0.15) is 11.9 Å². The Hall–Kier alpha value is -0.340. The minimum atomic E-state index is -0.0142. The van der Waals surface area contributed by atoms with Crippen molar-refractivity contribution in [3.05, 3.63) is 33.1 Å². The van der Waals surface area contributed by atoms with Gasteiger partial charge in [0.1, 0.15) is 5.75 Å². The maximum atomic E-state index is 5.89. The second-order valence-electron chi connectivity index (χ2n) is 3.27. The summed E-state index contributed by atoms with van der Waals surface area (Å²) in [5.41, 5.74) is 0. The number of benzene rings is 1. The van der Waals surface area contributed by atoms with Gasteiger partial charge in [-0.2, -0.15) is 4.37 Å². The van der Waals surface area contributed by atoms with Gasteiger partial charge in [-0.15, -0.1) is 11.8 Å². The quantitative estimate of drug-likeness (QED) is 0.729. The highest BCUT2D eigenvalue weighted by Gasteiger charge is 2.24. The maximum Gasteiger partial charge on any atom is 0.184 e. The van der Waals surface area contributed by atoms with Crippen LogP contribution in [-0.2, 0) is 0 Å². The highest BCUT2D eigenvalue weighted by molar-refractivity contribution is 14.1.